The Morgan fingerprint density at radius 3 is 2.33 bits per heavy atom. The van der Waals surface area contributed by atoms with Crippen LogP contribution in [-0.2, 0) is 0 Å². The van der Waals surface area contributed by atoms with E-state index in [-0.39, 0.29) is 0 Å². The molecule has 1 aromatic heterocycles. The number of hydrogen-bond donors (Lipinski definition) is 2. The van der Waals surface area contributed by atoms with Crippen molar-refractivity contribution in [2.75, 3.05) is 41.7 Å². The topological polar surface area (TPSA) is 66.0 Å². The molecule has 3 rings (SSSR count). The molecule has 116 valence electrons. The fourth-order valence-electron chi connectivity index (χ4n) is 2.82. The Hall–Kier alpha value is -1.59. The lowest BCUT2D eigenvalue weighted by molar-refractivity contribution is 0.567. The largest absolute Gasteiger partial charge is 0.354 e. The average Bonchev–Trinajstić information content (AvgIpc) is 3.22. The number of nitrogens with one attached hydrogen (secondary N) is 2. The Morgan fingerprint density at radius 2 is 1.71 bits per heavy atom. The lowest BCUT2D eigenvalue weighted by Gasteiger charge is -2.27. The molecule has 0 radical (unpaired) electrons. The maximum Gasteiger partial charge on any atom is 0.231 e. The Kier molecular flexibility index (Phi) is 4.41. The normalized spacial score (nSPS) is 24.8. The Labute approximate surface area is 126 Å². The van der Waals surface area contributed by atoms with Crippen LogP contribution in [0.4, 0.5) is 17.8 Å². The summed E-state index contributed by atoms with van der Waals surface area (Å²) in [6.07, 6.45) is 5.08. The fourth-order valence-corrected chi connectivity index (χ4v) is 2.82. The molecule has 1 aliphatic heterocycles. The van der Waals surface area contributed by atoms with Crippen LogP contribution in [0.15, 0.2) is 0 Å². The average molecular weight is 290 g/mol. The van der Waals surface area contributed by atoms with Crippen LogP contribution in [0.2, 0.25) is 0 Å². The van der Waals surface area contributed by atoms with Gasteiger partial charge in [-0.3, -0.25) is 0 Å². The predicted molar refractivity (Wildman–Crippen MR) is 85.8 cm³/mol. The first-order chi connectivity index (χ1) is 10.3. The zero-order valence-corrected chi connectivity index (χ0v) is 13.1. The summed E-state index contributed by atoms with van der Waals surface area (Å²) in [4.78, 5) is 15.9. The minimum atomic E-state index is 0.680. The highest BCUT2D eigenvalue weighted by Crippen LogP contribution is 2.37. The molecule has 2 fully saturated rings. The second kappa shape index (κ2) is 6.45. The third kappa shape index (κ3) is 3.74. The molecular weight excluding hydrogens is 264 g/mol. The van der Waals surface area contributed by atoms with Crippen LogP contribution in [0.3, 0.4) is 0 Å². The maximum atomic E-state index is 4.62. The lowest BCUT2D eigenvalue weighted by Crippen LogP contribution is -2.31. The Bertz CT molecular complexity index is 471. The number of piperidine rings is 1. The maximum absolute atomic E-state index is 4.62. The molecule has 2 N–H and O–H groups in total. The van der Waals surface area contributed by atoms with Gasteiger partial charge in [0.25, 0.3) is 0 Å². The van der Waals surface area contributed by atoms with Gasteiger partial charge in [0.2, 0.25) is 17.8 Å². The molecule has 0 aromatic carbocycles. The smallest absolute Gasteiger partial charge is 0.231 e. The SMILES string of the molecule is CCNc1nc(NCC2CC2C)nc(N2CCCCC2)n1. The van der Waals surface area contributed by atoms with Crippen LogP contribution >= 0.6 is 0 Å². The van der Waals surface area contributed by atoms with E-state index in [1.165, 1.54) is 25.7 Å². The molecule has 0 spiro atoms. The third-order valence-electron chi connectivity index (χ3n) is 4.40. The molecule has 1 aliphatic carbocycles. The highest BCUT2D eigenvalue weighted by Gasteiger charge is 2.32. The lowest BCUT2D eigenvalue weighted by atomic mass is 10.1. The van der Waals surface area contributed by atoms with Crippen molar-refractivity contribution in [2.45, 2.75) is 39.5 Å². The second-order valence-corrected chi connectivity index (χ2v) is 6.21. The first kappa shape index (κ1) is 14.4. The number of nitrogens with zero attached hydrogens (tertiary/aromatic N) is 4. The zero-order chi connectivity index (χ0) is 14.7. The summed E-state index contributed by atoms with van der Waals surface area (Å²) in [7, 11) is 0. The van der Waals surface area contributed by atoms with E-state index in [9.17, 15) is 0 Å². The van der Waals surface area contributed by atoms with Gasteiger partial charge < -0.3 is 15.5 Å². The first-order valence-electron chi connectivity index (χ1n) is 8.25. The standard InChI is InChI=1S/C15H26N6/c1-3-16-13-18-14(17-10-12-9-11(12)2)20-15(19-13)21-7-5-4-6-8-21/h11-12H,3-10H2,1-2H3,(H2,16,17,18,19,20). The molecular formula is C15H26N6. The van der Waals surface area contributed by atoms with Crippen molar-refractivity contribution in [3.05, 3.63) is 0 Å². The van der Waals surface area contributed by atoms with E-state index in [0.29, 0.717) is 11.9 Å². The third-order valence-corrected chi connectivity index (χ3v) is 4.40. The summed E-state index contributed by atoms with van der Waals surface area (Å²) in [5.41, 5.74) is 0. The molecule has 6 heteroatoms. The van der Waals surface area contributed by atoms with Gasteiger partial charge in [-0.25, -0.2) is 0 Å². The van der Waals surface area contributed by atoms with Crippen molar-refractivity contribution in [3.8, 4) is 0 Å². The van der Waals surface area contributed by atoms with Crippen molar-refractivity contribution in [2.24, 2.45) is 11.8 Å². The van der Waals surface area contributed by atoms with Gasteiger partial charge in [0.1, 0.15) is 0 Å². The van der Waals surface area contributed by atoms with E-state index < -0.39 is 0 Å². The molecule has 21 heavy (non-hydrogen) atoms. The van der Waals surface area contributed by atoms with Crippen LogP contribution in [0.5, 0.6) is 0 Å². The van der Waals surface area contributed by atoms with Gasteiger partial charge in [0.15, 0.2) is 0 Å². The van der Waals surface area contributed by atoms with E-state index in [1.54, 1.807) is 0 Å². The van der Waals surface area contributed by atoms with E-state index in [4.69, 9.17) is 0 Å². The zero-order valence-electron chi connectivity index (χ0n) is 13.1. The minimum Gasteiger partial charge on any atom is -0.354 e. The van der Waals surface area contributed by atoms with Crippen LogP contribution in [0.25, 0.3) is 0 Å². The molecule has 1 aromatic rings. The van der Waals surface area contributed by atoms with Crippen LogP contribution < -0.4 is 15.5 Å². The van der Waals surface area contributed by atoms with Crippen LogP contribution in [-0.4, -0.2) is 41.1 Å². The van der Waals surface area contributed by atoms with E-state index >= 15 is 0 Å². The molecule has 2 atom stereocenters. The van der Waals surface area contributed by atoms with E-state index in [0.717, 1.165) is 44.0 Å². The molecule has 6 nitrogen and oxygen atoms in total. The number of hydrogen-bond acceptors (Lipinski definition) is 6. The van der Waals surface area contributed by atoms with Crippen molar-refractivity contribution >= 4 is 17.8 Å². The van der Waals surface area contributed by atoms with Gasteiger partial charge in [-0.15, -0.1) is 0 Å². The van der Waals surface area contributed by atoms with Crippen molar-refractivity contribution in [1.29, 1.82) is 0 Å². The second-order valence-electron chi connectivity index (χ2n) is 6.21. The summed E-state index contributed by atoms with van der Waals surface area (Å²) >= 11 is 0. The van der Waals surface area contributed by atoms with Gasteiger partial charge in [0, 0.05) is 26.2 Å². The van der Waals surface area contributed by atoms with Crippen LogP contribution in [0, 0.1) is 11.8 Å². The first-order valence-corrected chi connectivity index (χ1v) is 8.25. The van der Waals surface area contributed by atoms with Crippen LogP contribution in [0.1, 0.15) is 39.5 Å². The molecule has 0 amide bonds. The van der Waals surface area contributed by atoms with Gasteiger partial charge in [-0.1, -0.05) is 6.92 Å². The summed E-state index contributed by atoms with van der Waals surface area (Å²) in [5, 5.41) is 6.60. The molecule has 1 saturated carbocycles. The van der Waals surface area contributed by atoms with E-state index in [1.807, 2.05) is 0 Å². The van der Waals surface area contributed by atoms with Gasteiger partial charge in [-0.2, -0.15) is 15.0 Å². The minimum absolute atomic E-state index is 0.680. The fraction of sp³-hybridized carbons (Fsp3) is 0.800. The molecule has 2 unspecified atom stereocenters. The highest BCUT2D eigenvalue weighted by atomic mass is 15.3. The summed E-state index contributed by atoms with van der Waals surface area (Å²) in [6, 6.07) is 0. The molecule has 0 bridgehead atoms. The van der Waals surface area contributed by atoms with Crippen molar-refractivity contribution in [1.82, 2.24) is 15.0 Å². The number of anilines is 3. The molecule has 2 heterocycles. The van der Waals surface area contributed by atoms with E-state index in [2.05, 4.69) is 44.3 Å². The summed E-state index contributed by atoms with van der Waals surface area (Å²) in [5.74, 6) is 3.82. The Morgan fingerprint density at radius 1 is 1.05 bits per heavy atom. The van der Waals surface area contributed by atoms with Crippen molar-refractivity contribution in [3.63, 3.8) is 0 Å². The highest BCUT2D eigenvalue weighted by molar-refractivity contribution is 5.44. The quantitative estimate of drug-likeness (QED) is 0.838. The Balaban J connectivity index is 1.72. The number of aromatic nitrogens is 3. The van der Waals surface area contributed by atoms with Gasteiger partial charge in [-0.05, 0) is 44.4 Å². The van der Waals surface area contributed by atoms with Crippen molar-refractivity contribution < 1.29 is 0 Å². The monoisotopic (exact) mass is 290 g/mol. The summed E-state index contributed by atoms with van der Waals surface area (Å²) < 4.78 is 0. The summed E-state index contributed by atoms with van der Waals surface area (Å²) in [6.45, 7) is 8.24. The van der Waals surface area contributed by atoms with Gasteiger partial charge >= 0.3 is 0 Å². The van der Waals surface area contributed by atoms with Gasteiger partial charge in [0.05, 0.1) is 0 Å². The molecule has 2 aliphatic rings. The predicted octanol–water partition coefficient (Wildman–Crippen LogP) is 2.36. The molecule has 1 saturated heterocycles. The number of rotatable bonds is 6.